The minimum absolute atomic E-state index is 0.171. The Balaban J connectivity index is 2.22. The van der Waals surface area contributed by atoms with Gasteiger partial charge in [-0.15, -0.1) is 12.3 Å². The van der Waals surface area contributed by atoms with Crippen LogP contribution in [0.1, 0.15) is 16.9 Å². The lowest BCUT2D eigenvalue weighted by atomic mass is 10.2. The molecule has 0 aliphatic carbocycles. The van der Waals surface area contributed by atoms with Gasteiger partial charge in [0.15, 0.2) is 0 Å². The summed E-state index contributed by atoms with van der Waals surface area (Å²) in [6.07, 6.45) is 5.63. The van der Waals surface area contributed by atoms with E-state index in [0.29, 0.717) is 24.3 Å². The van der Waals surface area contributed by atoms with E-state index >= 15 is 0 Å². The maximum absolute atomic E-state index is 11.7. The molecule has 86 valence electrons. The van der Waals surface area contributed by atoms with E-state index in [2.05, 4.69) is 16.2 Å². The normalized spacial score (nSPS) is 10.1. The zero-order valence-electron chi connectivity index (χ0n) is 9.29. The second kappa shape index (κ2) is 4.62. The summed E-state index contributed by atoms with van der Waals surface area (Å²) in [5.41, 5.74) is 7.71. The van der Waals surface area contributed by atoms with Crippen LogP contribution in [0.4, 0.5) is 5.69 Å². The van der Waals surface area contributed by atoms with Gasteiger partial charge >= 0.3 is 0 Å². The van der Waals surface area contributed by atoms with Crippen LogP contribution in [0.5, 0.6) is 0 Å². The number of rotatable bonds is 3. The molecule has 0 saturated heterocycles. The van der Waals surface area contributed by atoms with Gasteiger partial charge in [0.05, 0.1) is 11.2 Å². The molecule has 4 heteroatoms. The van der Waals surface area contributed by atoms with Crippen LogP contribution in [0, 0.1) is 12.3 Å². The number of nitrogens with two attached hydrogens (primary N) is 1. The van der Waals surface area contributed by atoms with Gasteiger partial charge < -0.3 is 16.0 Å². The average Bonchev–Trinajstić information content (AvgIpc) is 2.75. The lowest BCUT2D eigenvalue weighted by molar-refractivity contribution is 0.0950. The third-order valence-corrected chi connectivity index (χ3v) is 2.49. The summed E-state index contributed by atoms with van der Waals surface area (Å²) in [5, 5.41) is 3.65. The smallest absolute Gasteiger partial charge is 0.267 e. The van der Waals surface area contributed by atoms with Crippen molar-refractivity contribution < 1.29 is 4.79 Å². The first-order chi connectivity index (χ1) is 8.22. The molecule has 1 aromatic heterocycles. The predicted octanol–water partition coefficient (Wildman–Crippen LogP) is 1.50. The predicted molar refractivity (Wildman–Crippen MR) is 68.5 cm³/mol. The summed E-state index contributed by atoms with van der Waals surface area (Å²) >= 11 is 0. The lowest BCUT2D eigenvalue weighted by Crippen LogP contribution is -2.24. The van der Waals surface area contributed by atoms with Crippen molar-refractivity contribution in [2.24, 2.45) is 0 Å². The molecule has 4 N–H and O–H groups in total. The number of hydrogen-bond acceptors (Lipinski definition) is 2. The van der Waals surface area contributed by atoms with E-state index in [4.69, 9.17) is 12.2 Å². The molecule has 1 heterocycles. The second-order valence-corrected chi connectivity index (χ2v) is 3.70. The molecular weight excluding hydrogens is 214 g/mol. The Hall–Kier alpha value is -2.41. The van der Waals surface area contributed by atoms with E-state index in [-0.39, 0.29) is 5.91 Å². The molecule has 0 aliphatic heterocycles. The third kappa shape index (κ3) is 2.23. The topological polar surface area (TPSA) is 70.9 Å². The minimum Gasteiger partial charge on any atom is -0.397 e. The number of terminal acetylenes is 1. The van der Waals surface area contributed by atoms with Crippen LogP contribution in [0.25, 0.3) is 10.9 Å². The fourth-order valence-electron chi connectivity index (χ4n) is 1.65. The first-order valence-electron chi connectivity index (χ1n) is 5.31. The number of nitrogens with one attached hydrogen (secondary N) is 2. The number of amides is 1. The molecule has 17 heavy (non-hydrogen) atoms. The van der Waals surface area contributed by atoms with Gasteiger partial charge in [0.2, 0.25) is 0 Å². The quantitative estimate of drug-likeness (QED) is 0.422. The van der Waals surface area contributed by atoms with Crippen molar-refractivity contribution in [2.75, 3.05) is 12.3 Å². The molecule has 0 unspecified atom stereocenters. The van der Waals surface area contributed by atoms with Crippen LogP contribution in [-0.4, -0.2) is 17.4 Å². The third-order valence-electron chi connectivity index (χ3n) is 2.49. The molecule has 0 bridgehead atoms. The van der Waals surface area contributed by atoms with Gasteiger partial charge in [-0.05, 0) is 12.1 Å². The standard InChI is InChI=1S/C13H13N3O/c1-2-3-7-15-13(17)11-8-9-5-4-6-10(14)12(9)16-11/h1,4-6,8,16H,3,7,14H2,(H,15,17). The van der Waals surface area contributed by atoms with Crippen molar-refractivity contribution >= 4 is 22.5 Å². The average molecular weight is 227 g/mol. The summed E-state index contributed by atoms with van der Waals surface area (Å²) in [6.45, 7) is 0.472. The van der Waals surface area contributed by atoms with Gasteiger partial charge in [-0.3, -0.25) is 4.79 Å². The van der Waals surface area contributed by atoms with E-state index in [0.717, 1.165) is 10.9 Å². The number of aromatic amines is 1. The Kier molecular flexibility index (Phi) is 3.01. The highest BCUT2D eigenvalue weighted by atomic mass is 16.1. The van der Waals surface area contributed by atoms with Gasteiger partial charge in [0, 0.05) is 18.4 Å². The van der Waals surface area contributed by atoms with E-state index in [9.17, 15) is 4.79 Å². The van der Waals surface area contributed by atoms with Crippen molar-refractivity contribution in [2.45, 2.75) is 6.42 Å². The van der Waals surface area contributed by atoms with Gasteiger partial charge in [-0.1, -0.05) is 12.1 Å². The molecule has 1 amide bonds. The summed E-state index contributed by atoms with van der Waals surface area (Å²) in [6, 6.07) is 7.32. The van der Waals surface area contributed by atoms with Crippen LogP contribution >= 0.6 is 0 Å². The van der Waals surface area contributed by atoms with Gasteiger partial charge in [0.1, 0.15) is 5.69 Å². The molecule has 2 rings (SSSR count). The number of H-pyrrole nitrogens is 1. The fraction of sp³-hybridized carbons (Fsp3) is 0.154. The number of fused-ring (bicyclic) bond motifs is 1. The maximum Gasteiger partial charge on any atom is 0.267 e. The number of para-hydroxylation sites is 1. The monoisotopic (exact) mass is 227 g/mol. The van der Waals surface area contributed by atoms with Gasteiger partial charge in [0.25, 0.3) is 5.91 Å². The molecule has 4 nitrogen and oxygen atoms in total. The van der Waals surface area contributed by atoms with E-state index in [1.807, 2.05) is 12.1 Å². The molecular formula is C13H13N3O. The number of nitrogen functional groups attached to an aromatic ring is 1. The lowest BCUT2D eigenvalue weighted by Gasteiger charge is -1.99. The second-order valence-electron chi connectivity index (χ2n) is 3.70. The Morgan fingerprint density at radius 3 is 3.06 bits per heavy atom. The first-order valence-corrected chi connectivity index (χ1v) is 5.31. The number of carbonyl (C=O) groups excluding carboxylic acids is 1. The van der Waals surface area contributed by atoms with Crippen LogP contribution in [-0.2, 0) is 0 Å². The van der Waals surface area contributed by atoms with Crippen LogP contribution in [0.3, 0.4) is 0 Å². The van der Waals surface area contributed by atoms with Crippen molar-refractivity contribution in [1.29, 1.82) is 0 Å². The number of carbonyl (C=O) groups is 1. The Morgan fingerprint density at radius 1 is 1.53 bits per heavy atom. The van der Waals surface area contributed by atoms with E-state index in [1.165, 1.54) is 0 Å². The highest BCUT2D eigenvalue weighted by Crippen LogP contribution is 2.20. The summed E-state index contributed by atoms with van der Waals surface area (Å²) in [5.74, 6) is 2.29. The summed E-state index contributed by atoms with van der Waals surface area (Å²) in [4.78, 5) is 14.8. The summed E-state index contributed by atoms with van der Waals surface area (Å²) < 4.78 is 0. The molecule has 0 saturated carbocycles. The molecule has 0 aliphatic rings. The van der Waals surface area contributed by atoms with Crippen molar-refractivity contribution in [1.82, 2.24) is 10.3 Å². The largest absolute Gasteiger partial charge is 0.397 e. The maximum atomic E-state index is 11.7. The number of hydrogen-bond donors (Lipinski definition) is 3. The van der Waals surface area contributed by atoms with Crippen LogP contribution in [0.15, 0.2) is 24.3 Å². The van der Waals surface area contributed by atoms with E-state index < -0.39 is 0 Å². The zero-order valence-corrected chi connectivity index (χ0v) is 9.29. The number of anilines is 1. The van der Waals surface area contributed by atoms with Crippen LogP contribution < -0.4 is 11.1 Å². The van der Waals surface area contributed by atoms with E-state index in [1.54, 1.807) is 12.1 Å². The fourth-order valence-corrected chi connectivity index (χ4v) is 1.65. The van der Waals surface area contributed by atoms with Gasteiger partial charge in [-0.2, -0.15) is 0 Å². The molecule has 1 aromatic carbocycles. The molecule has 0 radical (unpaired) electrons. The van der Waals surface area contributed by atoms with Crippen molar-refractivity contribution in [3.05, 3.63) is 30.0 Å². The van der Waals surface area contributed by atoms with Crippen molar-refractivity contribution in [3.8, 4) is 12.3 Å². The highest BCUT2D eigenvalue weighted by Gasteiger charge is 2.09. The number of benzene rings is 1. The van der Waals surface area contributed by atoms with Gasteiger partial charge in [-0.25, -0.2) is 0 Å². The summed E-state index contributed by atoms with van der Waals surface area (Å²) in [7, 11) is 0. The van der Waals surface area contributed by atoms with Crippen LogP contribution in [0.2, 0.25) is 0 Å². The Bertz CT molecular complexity index is 592. The first kappa shape index (κ1) is 11.1. The zero-order chi connectivity index (χ0) is 12.3. The number of aromatic nitrogens is 1. The SMILES string of the molecule is C#CCCNC(=O)c1cc2cccc(N)c2[nH]1. The highest BCUT2D eigenvalue weighted by molar-refractivity contribution is 6.00. The molecule has 0 fully saturated rings. The Morgan fingerprint density at radius 2 is 2.35 bits per heavy atom. The molecule has 2 aromatic rings. The molecule has 0 atom stereocenters. The minimum atomic E-state index is -0.171. The molecule has 0 spiro atoms. The van der Waals surface area contributed by atoms with Crippen molar-refractivity contribution in [3.63, 3.8) is 0 Å². The Labute approximate surface area is 99.2 Å².